The SMILES string of the molecule is Cc1ccc(-c2csc3ncnc(N4CCCC4)c23)cc1. The van der Waals surface area contributed by atoms with Crippen molar-refractivity contribution >= 4 is 27.4 Å². The maximum atomic E-state index is 4.59. The Morgan fingerprint density at radius 1 is 1.05 bits per heavy atom. The second-order valence-electron chi connectivity index (χ2n) is 5.59. The summed E-state index contributed by atoms with van der Waals surface area (Å²) in [4.78, 5) is 12.5. The molecule has 2 aromatic heterocycles. The first-order valence-electron chi connectivity index (χ1n) is 7.37. The summed E-state index contributed by atoms with van der Waals surface area (Å²) in [5.41, 5.74) is 3.80. The summed E-state index contributed by atoms with van der Waals surface area (Å²) in [6.45, 7) is 4.33. The summed E-state index contributed by atoms with van der Waals surface area (Å²) in [5.74, 6) is 1.11. The molecule has 4 rings (SSSR count). The number of hydrogen-bond acceptors (Lipinski definition) is 4. The fraction of sp³-hybridized carbons (Fsp3) is 0.294. The van der Waals surface area contributed by atoms with Crippen molar-refractivity contribution in [1.82, 2.24) is 9.97 Å². The molecule has 0 bridgehead atoms. The van der Waals surface area contributed by atoms with Crippen LogP contribution in [-0.2, 0) is 0 Å². The first kappa shape index (κ1) is 12.8. The van der Waals surface area contributed by atoms with Gasteiger partial charge in [0, 0.05) is 24.0 Å². The Morgan fingerprint density at radius 2 is 1.81 bits per heavy atom. The molecule has 21 heavy (non-hydrogen) atoms. The van der Waals surface area contributed by atoms with Gasteiger partial charge in [0.25, 0.3) is 0 Å². The van der Waals surface area contributed by atoms with Crippen LogP contribution >= 0.6 is 11.3 Å². The number of thiophene rings is 1. The molecule has 0 aliphatic carbocycles. The number of nitrogens with zero attached hydrogens (tertiary/aromatic N) is 3. The minimum atomic E-state index is 1.09. The zero-order valence-corrected chi connectivity index (χ0v) is 12.9. The summed E-state index contributed by atoms with van der Waals surface area (Å²) in [6.07, 6.45) is 4.22. The van der Waals surface area contributed by atoms with Crippen LogP contribution in [0.5, 0.6) is 0 Å². The Balaban J connectivity index is 1.91. The highest BCUT2D eigenvalue weighted by Crippen LogP contribution is 2.38. The highest BCUT2D eigenvalue weighted by Gasteiger charge is 2.20. The maximum absolute atomic E-state index is 4.59. The van der Waals surface area contributed by atoms with Gasteiger partial charge in [-0.3, -0.25) is 0 Å². The van der Waals surface area contributed by atoms with Crippen molar-refractivity contribution in [3.8, 4) is 11.1 Å². The van der Waals surface area contributed by atoms with Gasteiger partial charge in [0.05, 0.1) is 5.39 Å². The van der Waals surface area contributed by atoms with Crippen molar-refractivity contribution in [3.05, 3.63) is 41.5 Å². The lowest BCUT2D eigenvalue weighted by atomic mass is 10.0. The van der Waals surface area contributed by atoms with Crippen molar-refractivity contribution in [1.29, 1.82) is 0 Å². The van der Waals surface area contributed by atoms with E-state index in [1.165, 1.54) is 34.9 Å². The van der Waals surface area contributed by atoms with Crippen molar-refractivity contribution < 1.29 is 0 Å². The smallest absolute Gasteiger partial charge is 0.141 e. The van der Waals surface area contributed by atoms with Gasteiger partial charge in [-0.2, -0.15) is 0 Å². The zero-order chi connectivity index (χ0) is 14.2. The van der Waals surface area contributed by atoms with Crippen molar-refractivity contribution in [2.24, 2.45) is 0 Å². The molecular weight excluding hydrogens is 278 g/mol. The van der Waals surface area contributed by atoms with Gasteiger partial charge in [-0.15, -0.1) is 11.3 Å². The lowest BCUT2D eigenvalue weighted by Crippen LogP contribution is -2.19. The van der Waals surface area contributed by atoms with Gasteiger partial charge >= 0.3 is 0 Å². The number of aryl methyl sites for hydroxylation is 1. The highest BCUT2D eigenvalue weighted by molar-refractivity contribution is 7.17. The molecule has 0 atom stereocenters. The number of rotatable bonds is 2. The van der Waals surface area contributed by atoms with E-state index in [2.05, 4.69) is 51.4 Å². The third-order valence-corrected chi connectivity index (χ3v) is 5.00. The van der Waals surface area contributed by atoms with Gasteiger partial charge in [0.1, 0.15) is 17.0 Å². The molecular formula is C17H17N3S. The molecule has 0 amide bonds. The topological polar surface area (TPSA) is 29.0 Å². The van der Waals surface area contributed by atoms with E-state index < -0.39 is 0 Å². The van der Waals surface area contributed by atoms with Crippen LogP contribution in [0.3, 0.4) is 0 Å². The molecule has 0 radical (unpaired) electrons. The minimum absolute atomic E-state index is 1.09. The maximum Gasteiger partial charge on any atom is 0.141 e. The van der Waals surface area contributed by atoms with Gasteiger partial charge in [-0.25, -0.2) is 9.97 Å². The Morgan fingerprint density at radius 3 is 2.57 bits per heavy atom. The summed E-state index contributed by atoms with van der Waals surface area (Å²) < 4.78 is 0. The Labute approximate surface area is 128 Å². The summed E-state index contributed by atoms with van der Waals surface area (Å²) >= 11 is 1.71. The van der Waals surface area contributed by atoms with Crippen LogP contribution in [0.1, 0.15) is 18.4 Å². The monoisotopic (exact) mass is 295 g/mol. The van der Waals surface area contributed by atoms with Gasteiger partial charge < -0.3 is 4.90 Å². The molecule has 4 heteroatoms. The first-order chi connectivity index (χ1) is 10.3. The number of benzene rings is 1. The molecule has 3 heterocycles. The largest absolute Gasteiger partial charge is 0.356 e. The molecule has 1 fully saturated rings. The molecule has 1 aromatic carbocycles. The molecule has 3 nitrogen and oxygen atoms in total. The second kappa shape index (κ2) is 5.11. The first-order valence-corrected chi connectivity index (χ1v) is 8.25. The number of fused-ring (bicyclic) bond motifs is 1. The normalized spacial score (nSPS) is 15.0. The molecule has 0 spiro atoms. The van der Waals surface area contributed by atoms with E-state index in [-0.39, 0.29) is 0 Å². The molecule has 1 aliphatic heterocycles. The summed E-state index contributed by atoms with van der Waals surface area (Å²) in [7, 11) is 0. The average Bonchev–Trinajstić information content (AvgIpc) is 3.17. The van der Waals surface area contributed by atoms with E-state index >= 15 is 0 Å². The van der Waals surface area contributed by atoms with Crippen molar-refractivity contribution in [3.63, 3.8) is 0 Å². The van der Waals surface area contributed by atoms with Crippen LogP contribution in [0.2, 0.25) is 0 Å². The van der Waals surface area contributed by atoms with E-state index in [0.29, 0.717) is 0 Å². The van der Waals surface area contributed by atoms with Crippen LogP contribution in [0.25, 0.3) is 21.3 Å². The zero-order valence-electron chi connectivity index (χ0n) is 12.0. The van der Waals surface area contributed by atoms with Gasteiger partial charge in [-0.05, 0) is 25.3 Å². The molecule has 0 saturated carbocycles. The van der Waals surface area contributed by atoms with Crippen molar-refractivity contribution in [2.75, 3.05) is 18.0 Å². The number of hydrogen-bond donors (Lipinski definition) is 0. The average molecular weight is 295 g/mol. The Bertz CT molecular complexity index is 770. The van der Waals surface area contributed by atoms with Crippen LogP contribution in [0.4, 0.5) is 5.82 Å². The van der Waals surface area contributed by atoms with E-state index in [4.69, 9.17) is 0 Å². The van der Waals surface area contributed by atoms with Gasteiger partial charge in [0.15, 0.2) is 0 Å². The van der Waals surface area contributed by atoms with E-state index in [9.17, 15) is 0 Å². The van der Waals surface area contributed by atoms with Crippen LogP contribution in [0, 0.1) is 6.92 Å². The summed E-state index contributed by atoms with van der Waals surface area (Å²) in [6, 6.07) is 8.71. The van der Waals surface area contributed by atoms with E-state index in [1.807, 2.05) is 0 Å². The van der Waals surface area contributed by atoms with Crippen LogP contribution < -0.4 is 4.90 Å². The quantitative estimate of drug-likeness (QED) is 0.707. The summed E-state index contributed by atoms with van der Waals surface area (Å²) in [5, 5.41) is 3.43. The predicted molar refractivity (Wildman–Crippen MR) is 89.0 cm³/mol. The number of anilines is 1. The predicted octanol–water partition coefficient (Wildman–Crippen LogP) is 4.27. The minimum Gasteiger partial charge on any atom is -0.356 e. The molecule has 1 saturated heterocycles. The Hall–Kier alpha value is -1.94. The molecule has 3 aromatic rings. The molecule has 0 unspecified atom stereocenters. The number of aromatic nitrogens is 2. The van der Waals surface area contributed by atoms with E-state index in [1.54, 1.807) is 17.7 Å². The third kappa shape index (κ3) is 2.20. The standard InChI is InChI=1S/C17H17N3S/c1-12-4-6-13(7-5-12)14-10-21-17-15(14)16(18-11-19-17)20-8-2-3-9-20/h4-7,10-11H,2-3,8-9H2,1H3. The third-order valence-electron chi connectivity index (χ3n) is 4.12. The lowest BCUT2D eigenvalue weighted by molar-refractivity contribution is 0.940. The second-order valence-corrected chi connectivity index (χ2v) is 6.45. The van der Waals surface area contributed by atoms with Crippen molar-refractivity contribution in [2.45, 2.75) is 19.8 Å². The molecule has 106 valence electrons. The van der Waals surface area contributed by atoms with Gasteiger partial charge in [-0.1, -0.05) is 29.8 Å². The molecule has 0 N–H and O–H groups in total. The Kier molecular flexibility index (Phi) is 3.11. The van der Waals surface area contributed by atoms with Crippen LogP contribution in [-0.4, -0.2) is 23.1 Å². The fourth-order valence-corrected chi connectivity index (χ4v) is 3.88. The molecule has 1 aliphatic rings. The van der Waals surface area contributed by atoms with E-state index in [0.717, 1.165) is 23.7 Å². The highest BCUT2D eigenvalue weighted by atomic mass is 32.1. The fourth-order valence-electron chi connectivity index (χ4n) is 2.97. The lowest BCUT2D eigenvalue weighted by Gasteiger charge is -2.17. The van der Waals surface area contributed by atoms with Crippen LogP contribution in [0.15, 0.2) is 36.0 Å². The van der Waals surface area contributed by atoms with Gasteiger partial charge in [0.2, 0.25) is 0 Å².